The third-order valence-corrected chi connectivity index (χ3v) is 3.44. The van der Waals surface area contributed by atoms with Crippen molar-refractivity contribution in [3.8, 4) is 0 Å². The zero-order chi connectivity index (χ0) is 12.4. The number of hydrogen-bond donors (Lipinski definition) is 2. The minimum absolute atomic E-state index is 0.271. The van der Waals surface area contributed by atoms with Crippen molar-refractivity contribution in [2.75, 3.05) is 11.1 Å². The summed E-state index contributed by atoms with van der Waals surface area (Å²) in [5.41, 5.74) is 7.79. The van der Waals surface area contributed by atoms with Crippen LogP contribution in [0.2, 0.25) is 5.02 Å². The Balaban J connectivity index is 2.38. The molecular weight excluding hydrogens is 354 g/mol. The minimum atomic E-state index is -0.271. The van der Waals surface area contributed by atoms with Crippen LogP contribution >= 0.6 is 34.2 Å². The minimum Gasteiger partial charge on any atom is -0.397 e. The van der Waals surface area contributed by atoms with Gasteiger partial charge < -0.3 is 11.1 Å². The second kappa shape index (κ2) is 5.10. The van der Waals surface area contributed by atoms with Gasteiger partial charge in [-0.15, -0.1) is 0 Å². The molecular formula is C12H9ClFIN2. The smallest absolute Gasteiger partial charge is 0.124 e. The summed E-state index contributed by atoms with van der Waals surface area (Å²) in [6.45, 7) is 0. The molecule has 0 aliphatic carbocycles. The van der Waals surface area contributed by atoms with E-state index in [4.69, 9.17) is 17.3 Å². The fourth-order valence-corrected chi connectivity index (χ4v) is 2.24. The molecule has 2 nitrogen and oxygen atoms in total. The standard InChI is InChI=1S/C12H9ClFIN2/c13-8-2-1-3-10(16)12(8)17-11-5-4-7(14)6-9(11)15/h1-6,17H,16H2. The van der Waals surface area contributed by atoms with Crippen molar-refractivity contribution in [2.24, 2.45) is 0 Å². The SMILES string of the molecule is Nc1cccc(Cl)c1Nc1ccc(F)cc1I. The van der Waals surface area contributed by atoms with Crippen molar-refractivity contribution in [3.05, 3.63) is 50.8 Å². The Bertz CT molecular complexity index is 540. The number of halogens is 3. The van der Waals surface area contributed by atoms with Gasteiger partial charge in [-0.25, -0.2) is 4.39 Å². The van der Waals surface area contributed by atoms with Gasteiger partial charge >= 0.3 is 0 Å². The molecule has 3 N–H and O–H groups in total. The number of anilines is 3. The van der Waals surface area contributed by atoms with E-state index in [1.54, 1.807) is 24.3 Å². The molecule has 0 aromatic heterocycles. The molecule has 0 spiro atoms. The number of para-hydroxylation sites is 1. The number of nitrogen functional groups attached to an aromatic ring is 1. The Labute approximate surface area is 117 Å². The van der Waals surface area contributed by atoms with Crippen LogP contribution in [0.5, 0.6) is 0 Å². The highest BCUT2D eigenvalue weighted by Crippen LogP contribution is 2.32. The zero-order valence-electron chi connectivity index (χ0n) is 8.68. The van der Waals surface area contributed by atoms with Crippen LogP contribution in [0.4, 0.5) is 21.5 Å². The van der Waals surface area contributed by atoms with E-state index < -0.39 is 0 Å². The predicted octanol–water partition coefficient (Wildman–Crippen LogP) is 4.41. The lowest BCUT2D eigenvalue weighted by Gasteiger charge is -2.12. The molecule has 0 saturated carbocycles. The average Bonchev–Trinajstić information content (AvgIpc) is 2.26. The molecule has 2 aromatic rings. The second-order valence-corrected chi connectivity index (χ2v) is 5.02. The molecule has 5 heteroatoms. The number of nitrogens with one attached hydrogen (secondary N) is 1. The summed E-state index contributed by atoms with van der Waals surface area (Å²) in [4.78, 5) is 0. The van der Waals surface area contributed by atoms with Gasteiger partial charge in [-0.05, 0) is 52.9 Å². The Morgan fingerprint density at radius 3 is 2.65 bits per heavy atom. The van der Waals surface area contributed by atoms with E-state index in [1.807, 2.05) is 22.6 Å². The lowest BCUT2D eigenvalue weighted by Crippen LogP contribution is -1.98. The third kappa shape index (κ3) is 2.81. The molecule has 0 fully saturated rings. The highest BCUT2D eigenvalue weighted by atomic mass is 127. The molecule has 0 atom stereocenters. The maximum absolute atomic E-state index is 13.0. The first-order chi connectivity index (χ1) is 8.08. The molecule has 0 amide bonds. The molecule has 17 heavy (non-hydrogen) atoms. The van der Waals surface area contributed by atoms with E-state index in [0.717, 1.165) is 9.26 Å². The van der Waals surface area contributed by atoms with Crippen LogP contribution in [0.3, 0.4) is 0 Å². The van der Waals surface area contributed by atoms with E-state index >= 15 is 0 Å². The number of nitrogens with two attached hydrogens (primary N) is 1. The summed E-state index contributed by atoms with van der Waals surface area (Å²) >= 11 is 8.09. The van der Waals surface area contributed by atoms with Crippen LogP contribution in [-0.2, 0) is 0 Å². The fraction of sp³-hybridized carbons (Fsp3) is 0. The van der Waals surface area contributed by atoms with Gasteiger partial charge in [0.05, 0.1) is 22.1 Å². The van der Waals surface area contributed by atoms with Crippen molar-refractivity contribution in [2.45, 2.75) is 0 Å². The first kappa shape index (κ1) is 12.4. The third-order valence-electron chi connectivity index (χ3n) is 2.24. The zero-order valence-corrected chi connectivity index (χ0v) is 11.6. The van der Waals surface area contributed by atoms with Crippen LogP contribution in [0.25, 0.3) is 0 Å². The molecule has 0 aliphatic heterocycles. The van der Waals surface area contributed by atoms with E-state index in [9.17, 15) is 4.39 Å². The normalized spacial score (nSPS) is 10.3. The van der Waals surface area contributed by atoms with E-state index in [-0.39, 0.29) is 5.82 Å². The molecule has 88 valence electrons. The van der Waals surface area contributed by atoms with Gasteiger partial charge in [-0.2, -0.15) is 0 Å². The molecule has 0 aliphatic rings. The van der Waals surface area contributed by atoms with Crippen molar-refractivity contribution < 1.29 is 4.39 Å². The van der Waals surface area contributed by atoms with Gasteiger partial charge in [0.15, 0.2) is 0 Å². The van der Waals surface area contributed by atoms with Gasteiger partial charge in [-0.1, -0.05) is 17.7 Å². The monoisotopic (exact) mass is 362 g/mol. The highest BCUT2D eigenvalue weighted by molar-refractivity contribution is 14.1. The number of rotatable bonds is 2. The topological polar surface area (TPSA) is 38.0 Å². The van der Waals surface area contributed by atoms with Gasteiger partial charge in [0, 0.05) is 3.57 Å². The molecule has 2 aromatic carbocycles. The largest absolute Gasteiger partial charge is 0.397 e. The van der Waals surface area contributed by atoms with Gasteiger partial charge in [0.25, 0.3) is 0 Å². The summed E-state index contributed by atoms with van der Waals surface area (Å²) in [5.74, 6) is -0.271. The first-order valence-electron chi connectivity index (χ1n) is 4.84. The van der Waals surface area contributed by atoms with Crippen molar-refractivity contribution in [3.63, 3.8) is 0 Å². The summed E-state index contributed by atoms with van der Waals surface area (Å²) in [6.07, 6.45) is 0. The summed E-state index contributed by atoms with van der Waals surface area (Å²) in [5, 5.41) is 3.64. The number of benzene rings is 2. The Hall–Kier alpha value is -1.01. The lowest BCUT2D eigenvalue weighted by atomic mass is 10.2. The molecule has 0 saturated heterocycles. The van der Waals surface area contributed by atoms with Crippen molar-refractivity contribution in [1.29, 1.82) is 0 Å². The summed E-state index contributed by atoms with van der Waals surface area (Å²) < 4.78 is 13.7. The Kier molecular flexibility index (Phi) is 3.73. The molecule has 0 unspecified atom stereocenters. The Morgan fingerprint density at radius 1 is 1.24 bits per heavy atom. The Morgan fingerprint density at radius 2 is 2.00 bits per heavy atom. The van der Waals surface area contributed by atoms with Crippen LogP contribution in [-0.4, -0.2) is 0 Å². The van der Waals surface area contributed by atoms with Crippen LogP contribution < -0.4 is 11.1 Å². The average molecular weight is 363 g/mol. The van der Waals surface area contributed by atoms with E-state index in [1.165, 1.54) is 12.1 Å². The predicted molar refractivity (Wildman–Crippen MR) is 78.3 cm³/mol. The van der Waals surface area contributed by atoms with E-state index in [0.29, 0.717) is 16.4 Å². The molecule has 0 radical (unpaired) electrons. The molecule has 0 bridgehead atoms. The van der Waals surface area contributed by atoms with Crippen molar-refractivity contribution in [1.82, 2.24) is 0 Å². The maximum Gasteiger partial charge on any atom is 0.124 e. The van der Waals surface area contributed by atoms with Gasteiger partial charge in [0.2, 0.25) is 0 Å². The van der Waals surface area contributed by atoms with Crippen LogP contribution in [0.1, 0.15) is 0 Å². The second-order valence-electron chi connectivity index (χ2n) is 3.45. The lowest BCUT2D eigenvalue weighted by molar-refractivity contribution is 0.627. The van der Waals surface area contributed by atoms with Gasteiger partial charge in [-0.3, -0.25) is 0 Å². The summed E-state index contributed by atoms with van der Waals surface area (Å²) in [6, 6.07) is 9.76. The van der Waals surface area contributed by atoms with Crippen molar-refractivity contribution >= 4 is 51.3 Å². The summed E-state index contributed by atoms with van der Waals surface area (Å²) in [7, 11) is 0. The molecule has 0 heterocycles. The molecule has 2 rings (SSSR count). The number of hydrogen-bond acceptors (Lipinski definition) is 2. The van der Waals surface area contributed by atoms with Crippen LogP contribution in [0.15, 0.2) is 36.4 Å². The fourth-order valence-electron chi connectivity index (χ4n) is 1.40. The van der Waals surface area contributed by atoms with E-state index in [2.05, 4.69) is 5.32 Å². The first-order valence-corrected chi connectivity index (χ1v) is 6.29. The quantitative estimate of drug-likeness (QED) is 0.613. The van der Waals surface area contributed by atoms with Gasteiger partial charge in [0.1, 0.15) is 5.82 Å². The maximum atomic E-state index is 13.0. The highest BCUT2D eigenvalue weighted by Gasteiger charge is 2.07. The van der Waals surface area contributed by atoms with Crippen LogP contribution in [0, 0.1) is 9.39 Å².